The van der Waals surface area contributed by atoms with Crippen LogP contribution in [0.3, 0.4) is 0 Å². The monoisotopic (exact) mass is 336 g/mol. The predicted molar refractivity (Wildman–Crippen MR) is 71.7 cm³/mol. The second-order valence-corrected chi connectivity index (χ2v) is 4.70. The number of halogens is 2. The van der Waals surface area contributed by atoms with Crippen molar-refractivity contribution in [2.24, 2.45) is 0 Å². The van der Waals surface area contributed by atoms with Crippen LogP contribution in [0.2, 0.25) is 0 Å². The molecule has 0 aliphatic carbocycles. The quantitative estimate of drug-likeness (QED) is 0.589. The summed E-state index contributed by atoms with van der Waals surface area (Å²) in [6.07, 6.45) is 0.336. The molecule has 0 saturated heterocycles. The lowest BCUT2D eigenvalue weighted by atomic mass is 10.2. The van der Waals surface area contributed by atoms with Crippen LogP contribution in [0.15, 0.2) is 16.6 Å². The van der Waals surface area contributed by atoms with Gasteiger partial charge in [-0.3, -0.25) is 10.1 Å². The van der Waals surface area contributed by atoms with Crippen LogP contribution in [0.1, 0.15) is 6.42 Å². The number of rotatable bonds is 7. The van der Waals surface area contributed by atoms with Crippen LogP contribution in [0, 0.1) is 15.9 Å². The normalized spacial score (nSPS) is 12.2. The molecule has 0 saturated carbocycles. The fourth-order valence-electron chi connectivity index (χ4n) is 1.58. The van der Waals surface area contributed by atoms with E-state index in [1.807, 2.05) is 0 Å². The van der Waals surface area contributed by atoms with Gasteiger partial charge in [0.15, 0.2) is 0 Å². The second-order valence-electron chi connectivity index (χ2n) is 3.85. The van der Waals surface area contributed by atoms with Gasteiger partial charge in [-0.05, 0) is 22.4 Å². The lowest BCUT2D eigenvalue weighted by Crippen LogP contribution is -2.26. The van der Waals surface area contributed by atoms with Gasteiger partial charge in [-0.15, -0.1) is 0 Å². The van der Waals surface area contributed by atoms with Crippen molar-refractivity contribution in [1.82, 2.24) is 0 Å². The van der Waals surface area contributed by atoms with Gasteiger partial charge in [0.25, 0.3) is 5.69 Å². The van der Waals surface area contributed by atoms with Crippen molar-refractivity contribution in [3.8, 4) is 0 Å². The molecule has 1 aromatic rings. The number of nitro groups is 1. The highest BCUT2D eigenvalue weighted by molar-refractivity contribution is 9.10. The van der Waals surface area contributed by atoms with E-state index < -0.39 is 10.7 Å². The molecule has 1 rings (SSSR count). The smallest absolute Gasteiger partial charge is 0.293 e. The van der Waals surface area contributed by atoms with Crippen molar-refractivity contribution in [1.29, 1.82) is 0 Å². The Bertz CT molecular complexity index is 453. The number of nitrogens with one attached hydrogen (secondary N) is 1. The number of hydrogen-bond acceptors (Lipinski definition) is 5. The summed E-state index contributed by atoms with van der Waals surface area (Å²) in [5, 5.41) is 22.6. The van der Waals surface area contributed by atoms with Crippen LogP contribution in [0.4, 0.5) is 15.8 Å². The zero-order valence-corrected chi connectivity index (χ0v) is 11.8. The van der Waals surface area contributed by atoms with Crippen LogP contribution in [0.5, 0.6) is 0 Å². The molecule has 6 nitrogen and oxygen atoms in total. The third-order valence-corrected chi connectivity index (χ3v) is 3.05. The van der Waals surface area contributed by atoms with Crippen molar-refractivity contribution in [2.45, 2.75) is 12.5 Å². The van der Waals surface area contributed by atoms with Crippen LogP contribution in [-0.2, 0) is 4.74 Å². The summed E-state index contributed by atoms with van der Waals surface area (Å²) in [6.45, 7) is 0.142. The summed E-state index contributed by atoms with van der Waals surface area (Å²) in [5.41, 5.74) is -0.187. The average molecular weight is 337 g/mol. The van der Waals surface area contributed by atoms with Gasteiger partial charge in [-0.1, -0.05) is 0 Å². The Labute approximate surface area is 117 Å². The maximum atomic E-state index is 13.5. The molecule has 2 N–H and O–H groups in total. The van der Waals surface area contributed by atoms with Gasteiger partial charge in [-0.25, -0.2) is 4.39 Å². The minimum atomic E-state index is -0.603. The summed E-state index contributed by atoms with van der Waals surface area (Å²) in [4.78, 5) is 10.3. The van der Waals surface area contributed by atoms with Crippen LogP contribution < -0.4 is 5.32 Å². The summed E-state index contributed by atoms with van der Waals surface area (Å²) < 4.78 is 18.4. The van der Waals surface area contributed by atoms with E-state index in [-0.39, 0.29) is 35.1 Å². The van der Waals surface area contributed by atoms with E-state index in [2.05, 4.69) is 21.2 Å². The maximum absolute atomic E-state index is 13.5. The van der Waals surface area contributed by atoms with E-state index >= 15 is 0 Å². The molecule has 1 atom stereocenters. The molecule has 1 unspecified atom stereocenters. The summed E-state index contributed by atoms with van der Waals surface area (Å²) in [5.74, 6) is -0.603. The molecule has 19 heavy (non-hydrogen) atoms. The highest BCUT2D eigenvalue weighted by Crippen LogP contribution is 2.31. The first-order chi connectivity index (χ1) is 8.99. The predicted octanol–water partition coefficient (Wildman–Crippen LogP) is 2.31. The third kappa shape index (κ3) is 4.41. The van der Waals surface area contributed by atoms with E-state index in [9.17, 15) is 14.5 Å². The number of aliphatic hydroxyl groups is 1. The van der Waals surface area contributed by atoms with E-state index in [0.717, 1.165) is 12.1 Å². The van der Waals surface area contributed by atoms with Crippen LogP contribution in [0.25, 0.3) is 0 Å². The molecule has 106 valence electrons. The van der Waals surface area contributed by atoms with E-state index in [4.69, 9.17) is 9.84 Å². The molecule has 0 aliphatic rings. The number of hydrogen-bond donors (Lipinski definition) is 2. The molecular formula is C11H14BrFN2O4. The van der Waals surface area contributed by atoms with Crippen molar-refractivity contribution < 1.29 is 19.2 Å². The summed E-state index contributed by atoms with van der Waals surface area (Å²) >= 11 is 2.90. The van der Waals surface area contributed by atoms with Crippen molar-refractivity contribution in [3.05, 3.63) is 32.5 Å². The topological polar surface area (TPSA) is 84.6 Å². The fourth-order valence-corrected chi connectivity index (χ4v) is 1.91. The molecule has 0 aliphatic heterocycles. The third-order valence-electron chi connectivity index (χ3n) is 2.44. The minimum absolute atomic E-state index is 0.0233. The van der Waals surface area contributed by atoms with Gasteiger partial charge < -0.3 is 15.2 Å². The van der Waals surface area contributed by atoms with Crippen LogP contribution in [-0.4, -0.2) is 36.4 Å². The zero-order chi connectivity index (χ0) is 14.4. The van der Waals surface area contributed by atoms with Gasteiger partial charge in [0.05, 0.1) is 22.0 Å². The molecule has 0 heterocycles. The van der Waals surface area contributed by atoms with E-state index in [1.54, 1.807) is 0 Å². The number of ether oxygens (including phenoxy) is 1. The maximum Gasteiger partial charge on any atom is 0.293 e. The first kappa shape index (κ1) is 15.8. The van der Waals surface area contributed by atoms with Crippen molar-refractivity contribution in [2.75, 3.05) is 25.6 Å². The van der Waals surface area contributed by atoms with Gasteiger partial charge in [0, 0.05) is 25.8 Å². The Morgan fingerprint density at radius 3 is 2.84 bits per heavy atom. The highest BCUT2D eigenvalue weighted by Gasteiger charge is 2.20. The SMILES string of the molecule is COCC(CCO)Nc1cc(F)c(Br)cc1[N+](=O)[O-]. The number of methoxy groups -OCH3 is 1. The Balaban J connectivity index is 3.03. The van der Waals surface area contributed by atoms with Gasteiger partial charge in [-0.2, -0.15) is 0 Å². The second kappa shape index (κ2) is 7.37. The van der Waals surface area contributed by atoms with E-state index in [1.165, 1.54) is 7.11 Å². The molecule has 0 fully saturated rings. The molecular weight excluding hydrogens is 323 g/mol. The molecule has 0 amide bonds. The largest absolute Gasteiger partial charge is 0.396 e. The molecule has 0 radical (unpaired) electrons. The lowest BCUT2D eigenvalue weighted by Gasteiger charge is -2.18. The molecule has 8 heteroatoms. The fraction of sp³-hybridized carbons (Fsp3) is 0.455. The zero-order valence-electron chi connectivity index (χ0n) is 10.2. The van der Waals surface area contributed by atoms with Gasteiger partial charge in [0.1, 0.15) is 11.5 Å². The summed E-state index contributed by atoms with van der Waals surface area (Å²) in [7, 11) is 1.47. The number of aliphatic hydroxyl groups excluding tert-OH is 1. The van der Waals surface area contributed by atoms with Crippen molar-refractivity contribution >= 4 is 27.3 Å². The first-order valence-corrected chi connectivity index (χ1v) is 6.28. The number of anilines is 1. The van der Waals surface area contributed by atoms with Crippen molar-refractivity contribution in [3.63, 3.8) is 0 Å². The Kier molecular flexibility index (Phi) is 6.13. The van der Waals surface area contributed by atoms with Gasteiger partial charge in [0.2, 0.25) is 0 Å². The Morgan fingerprint density at radius 1 is 1.63 bits per heavy atom. The number of nitrogens with zero attached hydrogens (tertiary/aromatic N) is 1. The Hall–Kier alpha value is -1.25. The molecule has 0 bridgehead atoms. The van der Waals surface area contributed by atoms with E-state index in [0.29, 0.717) is 6.42 Å². The minimum Gasteiger partial charge on any atom is -0.396 e. The summed E-state index contributed by atoms with van der Waals surface area (Å²) in [6, 6.07) is 1.80. The Morgan fingerprint density at radius 2 is 2.32 bits per heavy atom. The van der Waals surface area contributed by atoms with Crippen LogP contribution >= 0.6 is 15.9 Å². The molecule has 1 aromatic carbocycles. The number of benzene rings is 1. The number of nitro benzene ring substituents is 1. The first-order valence-electron chi connectivity index (χ1n) is 5.49. The van der Waals surface area contributed by atoms with Gasteiger partial charge >= 0.3 is 0 Å². The average Bonchev–Trinajstić information content (AvgIpc) is 2.33. The lowest BCUT2D eigenvalue weighted by molar-refractivity contribution is -0.384. The molecule has 0 spiro atoms. The highest BCUT2D eigenvalue weighted by atomic mass is 79.9. The molecule has 0 aromatic heterocycles. The standard InChI is InChI=1S/C11H14BrFN2O4/c1-19-6-7(2-3-16)14-10-5-9(13)8(12)4-11(10)15(17)18/h4-5,7,14,16H,2-3,6H2,1H3.